The molecule has 0 bridgehead atoms. The van der Waals surface area contributed by atoms with Crippen molar-refractivity contribution in [3.63, 3.8) is 0 Å². The molecule has 9 heteroatoms. The van der Waals surface area contributed by atoms with Crippen LogP contribution in [0.15, 0.2) is 303 Å². The molecule has 15 aromatic rings. The average Bonchev–Trinajstić information content (AvgIpc) is 1.60. The van der Waals surface area contributed by atoms with Crippen molar-refractivity contribution in [2.24, 2.45) is 0 Å². The number of hydrogen-bond donors (Lipinski definition) is 0. The van der Waals surface area contributed by atoms with E-state index >= 15 is 0 Å². The van der Waals surface area contributed by atoms with E-state index in [0.29, 0.717) is 0 Å². The Bertz CT molecular complexity index is 5240. The Labute approximate surface area is 544 Å². The summed E-state index contributed by atoms with van der Waals surface area (Å²) in [7, 11) is -2.28. The first kappa shape index (κ1) is 55.8. The molecule has 444 valence electrons. The van der Waals surface area contributed by atoms with Gasteiger partial charge in [-0.05, 0) is 127 Å². The topological polar surface area (TPSA) is 42.3 Å². The first-order valence-electron chi connectivity index (χ1n) is 32.1. The number of hydrogen-bond acceptors (Lipinski definition) is 4. The van der Waals surface area contributed by atoms with Gasteiger partial charge in [-0.2, -0.15) is 0 Å². The SMILES string of the molecule is CC(C)(C)c1ccnc(-n2c3ccc(B4N(c5ccccc5-c5ccccc5)c5ccccc5N4c4ccccc4-c4ccccc4)cc3c3ccc(Oc4ccc5c(c4)-n4[c-][n+](-c6c(-c7ccccc7)cccc6-c6ccccc6)c6cccc(c64)[Si]5(C)C)cc32)c1. The molecule has 2 aliphatic rings. The van der Waals surface area contributed by atoms with E-state index in [-0.39, 0.29) is 12.4 Å². The van der Waals surface area contributed by atoms with Crippen LogP contribution in [0, 0.1) is 6.33 Å². The third-order valence-electron chi connectivity index (χ3n) is 19.2. The minimum atomic E-state index is -2.28. The van der Waals surface area contributed by atoms with Gasteiger partial charge in [0, 0.05) is 45.5 Å². The molecule has 93 heavy (non-hydrogen) atoms. The largest absolute Gasteiger partial charge is 0.458 e. The van der Waals surface area contributed by atoms with Crippen LogP contribution in [-0.4, -0.2) is 29.2 Å². The van der Waals surface area contributed by atoms with Crippen LogP contribution in [0.1, 0.15) is 26.3 Å². The second-order valence-electron chi connectivity index (χ2n) is 26.1. The van der Waals surface area contributed by atoms with Crippen LogP contribution < -0.4 is 34.8 Å². The van der Waals surface area contributed by atoms with Gasteiger partial charge in [0.1, 0.15) is 25.4 Å². The van der Waals surface area contributed by atoms with Gasteiger partial charge >= 0.3 is 6.98 Å². The molecule has 17 rings (SSSR count). The van der Waals surface area contributed by atoms with Gasteiger partial charge in [-0.25, -0.2) is 4.98 Å². The summed E-state index contributed by atoms with van der Waals surface area (Å²) in [5.74, 6) is 2.33. The smallest absolute Gasteiger partial charge is 0.420 e. The molecule has 0 saturated heterocycles. The van der Waals surface area contributed by atoms with E-state index in [1.54, 1.807) is 0 Å². The minimum absolute atomic E-state index is 0.115. The van der Waals surface area contributed by atoms with Crippen LogP contribution in [0.2, 0.25) is 13.1 Å². The lowest BCUT2D eigenvalue weighted by Gasteiger charge is -2.32. The Morgan fingerprint density at radius 3 is 1.54 bits per heavy atom. The first-order valence-corrected chi connectivity index (χ1v) is 35.1. The molecular formula is C84H65BN6OSi. The zero-order valence-electron chi connectivity index (χ0n) is 52.5. The molecular weight excluding hydrogens is 1150 g/mol. The van der Waals surface area contributed by atoms with Crippen molar-refractivity contribution in [2.75, 3.05) is 9.62 Å². The van der Waals surface area contributed by atoms with Crippen molar-refractivity contribution in [3.8, 4) is 73.2 Å². The molecule has 7 nitrogen and oxygen atoms in total. The van der Waals surface area contributed by atoms with Gasteiger partial charge in [-0.1, -0.05) is 258 Å². The number of pyridine rings is 1. The molecule has 0 saturated carbocycles. The predicted octanol–water partition coefficient (Wildman–Crippen LogP) is 18.8. The molecule has 0 N–H and O–H groups in total. The monoisotopic (exact) mass is 1210 g/mol. The highest BCUT2D eigenvalue weighted by Gasteiger charge is 2.45. The number of aromatic nitrogens is 4. The Morgan fingerprint density at radius 2 is 0.946 bits per heavy atom. The zero-order chi connectivity index (χ0) is 62.5. The average molecular weight is 1210 g/mol. The molecule has 0 unspecified atom stereocenters. The maximum absolute atomic E-state index is 7.21. The van der Waals surface area contributed by atoms with Gasteiger partial charge in [0.25, 0.3) is 6.33 Å². The van der Waals surface area contributed by atoms with E-state index in [1.165, 1.54) is 21.5 Å². The second kappa shape index (κ2) is 22.0. The standard InChI is InChI=1S/C84H65BN6OSi/c1-84(2,3)61-50-51-86-81(52-61)89-71-48-44-62(85-90(72-38-20-18-34-65(72)57-26-10-6-11-27-57)74-40-22-23-41-75(74)91(85)73-39-21-19-35-66(73)58-28-12-7-13-29-58)53-70(71)69-47-45-63(54-77(69)89)92-64-46-49-79-78(55-64)88-56-87(76-42-25-43-80(83(76)88)93(79,4)5)82-67(59-30-14-8-15-31-59)36-24-37-68(82)60-32-16-9-17-33-60/h6-55H,1-5H3. The normalized spacial score (nSPS) is 13.2. The summed E-state index contributed by atoms with van der Waals surface area (Å²) in [6, 6.07) is 108. The number of rotatable bonds is 11. The molecule has 3 aromatic heterocycles. The van der Waals surface area contributed by atoms with Crippen LogP contribution in [0.3, 0.4) is 0 Å². The van der Waals surface area contributed by atoms with Crippen LogP contribution >= 0.6 is 0 Å². The number of para-hydroxylation sites is 6. The fraction of sp³-hybridized carbons (Fsp3) is 0.0714. The van der Waals surface area contributed by atoms with Crippen LogP contribution in [-0.2, 0) is 5.41 Å². The van der Waals surface area contributed by atoms with Crippen molar-refractivity contribution < 1.29 is 9.30 Å². The molecule has 0 amide bonds. The van der Waals surface area contributed by atoms with E-state index in [1.807, 2.05) is 6.20 Å². The highest BCUT2D eigenvalue weighted by atomic mass is 28.3. The van der Waals surface area contributed by atoms with Gasteiger partial charge in [-0.15, -0.1) is 0 Å². The van der Waals surface area contributed by atoms with Crippen LogP contribution in [0.25, 0.3) is 94.5 Å². The van der Waals surface area contributed by atoms with Gasteiger partial charge < -0.3 is 14.4 Å². The van der Waals surface area contributed by atoms with Gasteiger partial charge in [0.2, 0.25) is 0 Å². The molecule has 0 spiro atoms. The lowest BCUT2D eigenvalue weighted by molar-refractivity contribution is -0.571. The van der Waals surface area contributed by atoms with E-state index in [0.717, 1.165) is 129 Å². The fourth-order valence-electron chi connectivity index (χ4n) is 14.7. The van der Waals surface area contributed by atoms with E-state index < -0.39 is 8.07 Å². The summed E-state index contributed by atoms with van der Waals surface area (Å²) in [5, 5.41) is 4.93. The Kier molecular flexibility index (Phi) is 13.2. The number of imidazole rings is 1. The quantitative estimate of drug-likeness (QED) is 0.0735. The van der Waals surface area contributed by atoms with Crippen LogP contribution in [0.4, 0.5) is 22.7 Å². The lowest BCUT2D eigenvalue weighted by Crippen LogP contribution is -2.57. The molecule has 2 aliphatic heterocycles. The number of fused-ring (bicyclic) bond motifs is 6. The first-order chi connectivity index (χ1) is 45.5. The lowest BCUT2D eigenvalue weighted by atomic mass is 9.63. The van der Waals surface area contributed by atoms with Gasteiger partial charge in [0.15, 0.2) is 0 Å². The Hall–Kier alpha value is -11.3. The summed E-state index contributed by atoms with van der Waals surface area (Å²) in [6.07, 6.45) is 5.95. The summed E-state index contributed by atoms with van der Waals surface area (Å²) < 4.78 is 14.2. The maximum atomic E-state index is 7.21. The number of ether oxygens (including phenoxy) is 1. The summed E-state index contributed by atoms with van der Waals surface area (Å²) >= 11 is 0. The maximum Gasteiger partial charge on any atom is 0.420 e. The number of anilines is 4. The van der Waals surface area contributed by atoms with E-state index in [9.17, 15) is 0 Å². The van der Waals surface area contributed by atoms with Gasteiger partial charge in [0.05, 0.1) is 44.8 Å². The van der Waals surface area contributed by atoms with Crippen molar-refractivity contribution in [3.05, 3.63) is 315 Å². The second-order valence-corrected chi connectivity index (χ2v) is 30.4. The molecule has 12 aromatic carbocycles. The van der Waals surface area contributed by atoms with Crippen molar-refractivity contribution >= 4 is 86.5 Å². The summed E-state index contributed by atoms with van der Waals surface area (Å²) in [6.45, 7) is 11.4. The van der Waals surface area contributed by atoms with Crippen molar-refractivity contribution in [1.82, 2.24) is 14.1 Å². The number of nitrogens with zero attached hydrogens (tertiary/aromatic N) is 6. The van der Waals surface area contributed by atoms with Crippen LogP contribution in [0.5, 0.6) is 11.5 Å². The molecule has 0 atom stereocenters. The highest BCUT2D eigenvalue weighted by molar-refractivity contribution is 7.02. The van der Waals surface area contributed by atoms with Crippen molar-refractivity contribution in [1.29, 1.82) is 0 Å². The molecule has 0 aliphatic carbocycles. The summed E-state index contributed by atoms with van der Waals surface area (Å²) in [5.41, 5.74) is 22.5. The van der Waals surface area contributed by atoms with Gasteiger partial charge in [-0.3, -0.25) is 13.7 Å². The Morgan fingerprint density at radius 1 is 0.430 bits per heavy atom. The van der Waals surface area contributed by atoms with E-state index in [2.05, 4.69) is 361 Å². The highest BCUT2D eigenvalue weighted by Crippen LogP contribution is 2.51. The third-order valence-corrected chi connectivity index (χ3v) is 22.7. The zero-order valence-corrected chi connectivity index (χ0v) is 53.5. The Balaban J connectivity index is 0.835. The fourth-order valence-corrected chi connectivity index (χ4v) is 17.7. The molecule has 0 fully saturated rings. The van der Waals surface area contributed by atoms with E-state index in [4.69, 9.17) is 9.72 Å². The summed E-state index contributed by atoms with van der Waals surface area (Å²) in [4.78, 5) is 10.3. The number of benzene rings is 12. The van der Waals surface area contributed by atoms with Crippen molar-refractivity contribution in [2.45, 2.75) is 39.3 Å². The predicted molar refractivity (Wildman–Crippen MR) is 388 cm³/mol. The minimum Gasteiger partial charge on any atom is -0.458 e. The molecule has 0 radical (unpaired) electrons. The molecule has 5 heterocycles. The third kappa shape index (κ3) is 9.24.